The highest BCUT2D eigenvalue weighted by molar-refractivity contribution is 6.32. The number of nitrogens with one attached hydrogen (secondary N) is 1. The molecule has 2 rings (SSSR count). The fraction of sp³-hybridized carbons (Fsp3) is 0.231. The van der Waals surface area contributed by atoms with Crippen LogP contribution in [0.5, 0.6) is 0 Å². The van der Waals surface area contributed by atoms with Crippen molar-refractivity contribution in [1.82, 2.24) is 9.78 Å². The number of aliphatic hydroxyl groups is 1. The van der Waals surface area contributed by atoms with Gasteiger partial charge in [0.05, 0.1) is 18.0 Å². The lowest BCUT2D eigenvalue weighted by molar-refractivity contribution is 0.191. The molecule has 0 aliphatic carbocycles. The lowest BCUT2D eigenvalue weighted by Gasteiger charge is -2.14. The third-order valence-electron chi connectivity index (χ3n) is 2.82. The molecule has 7 heteroatoms. The molecule has 2 aromatic rings. The molecule has 0 radical (unpaired) electrons. The number of hydrogen-bond donors (Lipinski definition) is 2. The van der Waals surface area contributed by atoms with Crippen molar-refractivity contribution in [3.63, 3.8) is 0 Å². The van der Waals surface area contributed by atoms with Crippen molar-refractivity contribution in [2.45, 2.75) is 6.10 Å². The normalized spacial score (nSPS) is 12.2. The Hall–Kier alpha value is -1.56. The number of halogens is 2. The summed E-state index contributed by atoms with van der Waals surface area (Å²) >= 11 is 11.7. The SMILES string of the molecule is Cn1ncc(NCC(O)c2ccc(Cl)cc2)c(Cl)c1=O. The van der Waals surface area contributed by atoms with Gasteiger partial charge in [-0.3, -0.25) is 4.79 Å². The van der Waals surface area contributed by atoms with Gasteiger partial charge in [-0.2, -0.15) is 5.10 Å². The molecule has 106 valence electrons. The van der Waals surface area contributed by atoms with E-state index >= 15 is 0 Å². The highest BCUT2D eigenvalue weighted by atomic mass is 35.5. The Kier molecular flexibility index (Phi) is 4.65. The molecule has 1 unspecified atom stereocenters. The van der Waals surface area contributed by atoms with Gasteiger partial charge in [0.1, 0.15) is 5.02 Å². The minimum Gasteiger partial charge on any atom is -0.387 e. The first-order chi connectivity index (χ1) is 9.49. The summed E-state index contributed by atoms with van der Waals surface area (Å²) < 4.78 is 1.14. The minimum absolute atomic E-state index is 0.0470. The summed E-state index contributed by atoms with van der Waals surface area (Å²) in [6.07, 6.45) is 0.700. The van der Waals surface area contributed by atoms with Crippen LogP contribution in [0.3, 0.4) is 0 Å². The van der Waals surface area contributed by atoms with Crippen LogP contribution in [-0.2, 0) is 7.05 Å². The first kappa shape index (κ1) is 14.8. The number of anilines is 1. The van der Waals surface area contributed by atoms with Crippen LogP contribution in [0.25, 0.3) is 0 Å². The van der Waals surface area contributed by atoms with Gasteiger partial charge < -0.3 is 10.4 Å². The summed E-state index contributed by atoms with van der Waals surface area (Å²) in [4.78, 5) is 11.6. The molecule has 1 heterocycles. The van der Waals surface area contributed by atoms with Gasteiger partial charge in [-0.1, -0.05) is 35.3 Å². The van der Waals surface area contributed by atoms with Crippen LogP contribution < -0.4 is 10.9 Å². The summed E-state index contributed by atoms with van der Waals surface area (Å²) in [5, 5.41) is 17.4. The number of hydrogen-bond acceptors (Lipinski definition) is 4. The summed E-state index contributed by atoms with van der Waals surface area (Å²) in [7, 11) is 1.51. The molecule has 20 heavy (non-hydrogen) atoms. The van der Waals surface area contributed by atoms with Gasteiger partial charge in [0.2, 0.25) is 0 Å². The molecule has 5 nitrogen and oxygen atoms in total. The first-order valence-electron chi connectivity index (χ1n) is 5.88. The van der Waals surface area contributed by atoms with Crippen molar-refractivity contribution in [3.05, 3.63) is 56.4 Å². The largest absolute Gasteiger partial charge is 0.387 e. The van der Waals surface area contributed by atoms with E-state index in [9.17, 15) is 9.90 Å². The summed E-state index contributed by atoms with van der Waals surface area (Å²) in [5.41, 5.74) is 0.718. The van der Waals surface area contributed by atoms with Crippen LogP contribution in [0.4, 0.5) is 5.69 Å². The fourth-order valence-corrected chi connectivity index (χ4v) is 2.01. The summed E-state index contributed by atoms with van der Waals surface area (Å²) in [5.74, 6) is 0. The maximum atomic E-state index is 11.6. The molecule has 0 fully saturated rings. The monoisotopic (exact) mass is 313 g/mol. The average molecular weight is 314 g/mol. The Labute approximate surface area is 125 Å². The molecule has 1 aromatic carbocycles. The van der Waals surface area contributed by atoms with Gasteiger partial charge in [-0.25, -0.2) is 4.68 Å². The Balaban J connectivity index is 2.07. The minimum atomic E-state index is -0.743. The van der Waals surface area contributed by atoms with Crippen LogP contribution in [0.2, 0.25) is 10.0 Å². The lowest BCUT2D eigenvalue weighted by atomic mass is 10.1. The number of rotatable bonds is 4. The number of aromatic nitrogens is 2. The van der Waals surface area contributed by atoms with Crippen LogP contribution >= 0.6 is 23.2 Å². The van der Waals surface area contributed by atoms with Gasteiger partial charge in [0, 0.05) is 18.6 Å². The van der Waals surface area contributed by atoms with E-state index in [-0.39, 0.29) is 11.6 Å². The molecule has 0 amide bonds. The van der Waals surface area contributed by atoms with Gasteiger partial charge in [-0.05, 0) is 17.7 Å². The van der Waals surface area contributed by atoms with Crippen LogP contribution in [-0.4, -0.2) is 21.4 Å². The zero-order valence-electron chi connectivity index (χ0n) is 10.7. The summed E-state index contributed by atoms with van der Waals surface area (Å²) in [6.45, 7) is 0.205. The number of aryl methyl sites for hydroxylation is 1. The van der Waals surface area contributed by atoms with Crippen molar-refractivity contribution < 1.29 is 5.11 Å². The summed E-state index contributed by atoms with van der Waals surface area (Å²) in [6, 6.07) is 6.87. The van der Waals surface area contributed by atoms with E-state index < -0.39 is 11.7 Å². The molecule has 2 N–H and O–H groups in total. The third-order valence-corrected chi connectivity index (χ3v) is 3.44. The average Bonchev–Trinajstić information content (AvgIpc) is 2.44. The Morgan fingerprint density at radius 2 is 2.00 bits per heavy atom. The van der Waals surface area contributed by atoms with Gasteiger partial charge in [0.25, 0.3) is 5.56 Å². The van der Waals surface area contributed by atoms with E-state index in [2.05, 4.69) is 10.4 Å². The molecular formula is C13H13Cl2N3O2. The molecule has 0 spiro atoms. The number of aliphatic hydroxyl groups excluding tert-OH is 1. The second-order valence-electron chi connectivity index (χ2n) is 4.25. The number of nitrogens with zero attached hydrogens (tertiary/aromatic N) is 2. The molecule has 0 aliphatic rings. The van der Waals surface area contributed by atoms with E-state index in [0.717, 1.165) is 10.2 Å². The van der Waals surface area contributed by atoms with Crippen molar-refractivity contribution in [2.75, 3.05) is 11.9 Å². The van der Waals surface area contributed by atoms with Crippen molar-refractivity contribution in [3.8, 4) is 0 Å². The molecule has 0 saturated heterocycles. The fourth-order valence-electron chi connectivity index (χ4n) is 1.64. The van der Waals surface area contributed by atoms with Crippen LogP contribution in [0, 0.1) is 0 Å². The lowest BCUT2D eigenvalue weighted by Crippen LogP contribution is -2.22. The molecule has 0 bridgehead atoms. The van der Waals surface area contributed by atoms with Crippen LogP contribution in [0.1, 0.15) is 11.7 Å². The number of benzene rings is 1. The maximum Gasteiger partial charge on any atom is 0.287 e. The predicted octanol–water partition coefficient (Wildman–Crippen LogP) is 2.23. The van der Waals surface area contributed by atoms with Gasteiger partial charge in [0.15, 0.2) is 0 Å². The Morgan fingerprint density at radius 1 is 1.35 bits per heavy atom. The Bertz CT molecular complexity index is 656. The predicted molar refractivity (Wildman–Crippen MR) is 79.4 cm³/mol. The zero-order valence-corrected chi connectivity index (χ0v) is 12.2. The highest BCUT2D eigenvalue weighted by Gasteiger charge is 2.11. The standard InChI is InChI=1S/C13H13Cl2N3O2/c1-18-13(20)12(15)10(6-17-18)16-7-11(19)8-2-4-9(14)5-3-8/h2-6,11,16,19H,7H2,1H3. The van der Waals surface area contributed by atoms with E-state index in [4.69, 9.17) is 23.2 Å². The van der Waals surface area contributed by atoms with Gasteiger partial charge >= 0.3 is 0 Å². The Morgan fingerprint density at radius 3 is 2.65 bits per heavy atom. The van der Waals surface area contributed by atoms with Gasteiger partial charge in [-0.15, -0.1) is 0 Å². The highest BCUT2D eigenvalue weighted by Crippen LogP contribution is 2.19. The molecule has 1 aromatic heterocycles. The van der Waals surface area contributed by atoms with E-state index in [1.54, 1.807) is 24.3 Å². The van der Waals surface area contributed by atoms with E-state index in [1.165, 1.54) is 13.2 Å². The zero-order chi connectivity index (χ0) is 14.7. The third kappa shape index (κ3) is 3.30. The van der Waals surface area contributed by atoms with E-state index in [0.29, 0.717) is 10.7 Å². The first-order valence-corrected chi connectivity index (χ1v) is 6.64. The smallest absolute Gasteiger partial charge is 0.287 e. The van der Waals surface area contributed by atoms with E-state index in [1.807, 2.05) is 0 Å². The maximum absolute atomic E-state index is 11.6. The molecular weight excluding hydrogens is 301 g/mol. The topological polar surface area (TPSA) is 67.2 Å². The second-order valence-corrected chi connectivity index (χ2v) is 5.06. The second kappa shape index (κ2) is 6.26. The quantitative estimate of drug-likeness (QED) is 0.908. The van der Waals surface area contributed by atoms with Crippen molar-refractivity contribution in [2.24, 2.45) is 7.05 Å². The van der Waals surface area contributed by atoms with Crippen molar-refractivity contribution in [1.29, 1.82) is 0 Å². The molecule has 1 atom stereocenters. The molecule has 0 aliphatic heterocycles. The molecule has 0 saturated carbocycles. The van der Waals surface area contributed by atoms with Crippen molar-refractivity contribution >= 4 is 28.9 Å². The van der Waals surface area contributed by atoms with Crippen LogP contribution in [0.15, 0.2) is 35.3 Å².